The standard InChI is InChI=1S/C15H23ClN4O2/c1-15(2,3)22-14(21)19-9-11-5-4-8-20(11)10-12-13(16)18-7-6-17-12/h6-7,11H,4-5,8-10H2,1-3H3,(H,19,21). The van der Waals surface area contributed by atoms with Gasteiger partial charge in [-0.25, -0.2) is 9.78 Å². The van der Waals surface area contributed by atoms with Gasteiger partial charge < -0.3 is 10.1 Å². The minimum absolute atomic E-state index is 0.269. The summed E-state index contributed by atoms with van der Waals surface area (Å²) in [5, 5.41) is 3.28. The normalized spacial score (nSPS) is 19.2. The van der Waals surface area contributed by atoms with Gasteiger partial charge >= 0.3 is 6.09 Å². The lowest BCUT2D eigenvalue weighted by atomic mass is 10.2. The van der Waals surface area contributed by atoms with Crippen LogP contribution in [0.4, 0.5) is 4.79 Å². The Bertz CT molecular complexity index is 519. The fourth-order valence-electron chi connectivity index (χ4n) is 2.50. The van der Waals surface area contributed by atoms with Crippen LogP contribution in [0.15, 0.2) is 12.4 Å². The fraction of sp³-hybridized carbons (Fsp3) is 0.667. The number of likely N-dealkylation sites (tertiary alicyclic amines) is 1. The van der Waals surface area contributed by atoms with E-state index in [0.717, 1.165) is 25.1 Å². The molecule has 2 heterocycles. The average Bonchev–Trinajstić information content (AvgIpc) is 2.84. The SMILES string of the molecule is CC(C)(C)OC(=O)NCC1CCCN1Cc1nccnc1Cl. The molecule has 1 amide bonds. The van der Waals surface area contributed by atoms with E-state index < -0.39 is 5.60 Å². The summed E-state index contributed by atoms with van der Waals surface area (Å²) in [7, 11) is 0. The van der Waals surface area contributed by atoms with Crippen molar-refractivity contribution in [2.75, 3.05) is 13.1 Å². The molecule has 1 N–H and O–H groups in total. The maximum absolute atomic E-state index is 11.7. The Labute approximate surface area is 136 Å². The molecule has 6 nitrogen and oxygen atoms in total. The summed E-state index contributed by atoms with van der Waals surface area (Å²) in [6.07, 6.45) is 4.98. The number of ether oxygens (including phenoxy) is 1. The second-order valence-corrected chi connectivity index (χ2v) is 6.80. The number of halogens is 1. The molecule has 7 heteroatoms. The van der Waals surface area contributed by atoms with Gasteiger partial charge in [0.1, 0.15) is 5.60 Å². The molecule has 122 valence electrons. The van der Waals surface area contributed by atoms with Crippen molar-refractivity contribution in [3.05, 3.63) is 23.2 Å². The second-order valence-electron chi connectivity index (χ2n) is 6.44. The summed E-state index contributed by atoms with van der Waals surface area (Å²) in [4.78, 5) is 22.3. The number of hydrogen-bond donors (Lipinski definition) is 1. The first-order valence-electron chi connectivity index (χ1n) is 7.51. The van der Waals surface area contributed by atoms with Crippen LogP contribution < -0.4 is 5.32 Å². The van der Waals surface area contributed by atoms with Crippen LogP contribution in [0.25, 0.3) is 0 Å². The Morgan fingerprint density at radius 2 is 2.18 bits per heavy atom. The lowest BCUT2D eigenvalue weighted by Gasteiger charge is -2.25. The molecule has 1 aromatic heterocycles. The number of rotatable bonds is 4. The first-order valence-corrected chi connectivity index (χ1v) is 7.89. The zero-order chi connectivity index (χ0) is 16.2. The topological polar surface area (TPSA) is 67.3 Å². The van der Waals surface area contributed by atoms with Crippen LogP contribution in [0.5, 0.6) is 0 Å². The van der Waals surface area contributed by atoms with Crippen molar-refractivity contribution in [3.8, 4) is 0 Å². The van der Waals surface area contributed by atoms with E-state index in [1.807, 2.05) is 20.8 Å². The van der Waals surface area contributed by atoms with Crippen LogP contribution in [0.2, 0.25) is 5.15 Å². The summed E-state index contributed by atoms with van der Waals surface area (Å²) in [5.41, 5.74) is 0.292. The van der Waals surface area contributed by atoms with Crippen LogP contribution in [0.3, 0.4) is 0 Å². The summed E-state index contributed by atoms with van der Waals surface area (Å²) < 4.78 is 5.26. The predicted octanol–water partition coefficient (Wildman–Crippen LogP) is 2.62. The van der Waals surface area contributed by atoms with Crippen molar-refractivity contribution < 1.29 is 9.53 Å². The number of amides is 1. The van der Waals surface area contributed by atoms with Gasteiger partial charge in [0.25, 0.3) is 0 Å². The maximum atomic E-state index is 11.7. The van der Waals surface area contributed by atoms with E-state index in [4.69, 9.17) is 16.3 Å². The third kappa shape index (κ3) is 5.10. The van der Waals surface area contributed by atoms with Gasteiger partial charge in [0.05, 0.1) is 5.69 Å². The van der Waals surface area contributed by atoms with Gasteiger partial charge in [0, 0.05) is 31.5 Å². The van der Waals surface area contributed by atoms with Crippen molar-refractivity contribution in [2.24, 2.45) is 0 Å². The summed E-state index contributed by atoms with van der Waals surface area (Å²) >= 11 is 6.06. The van der Waals surface area contributed by atoms with E-state index in [1.165, 1.54) is 0 Å². The molecule has 2 rings (SSSR count). The van der Waals surface area contributed by atoms with Crippen LogP contribution in [-0.2, 0) is 11.3 Å². The van der Waals surface area contributed by atoms with Gasteiger partial charge in [0.15, 0.2) is 5.15 Å². The monoisotopic (exact) mass is 326 g/mol. The molecule has 0 radical (unpaired) electrons. The van der Waals surface area contributed by atoms with Gasteiger partial charge in [-0.05, 0) is 40.2 Å². The van der Waals surface area contributed by atoms with E-state index in [2.05, 4.69) is 20.2 Å². The zero-order valence-electron chi connectivity index (χ0n) is 13.3. The molecule has 0 bridgehead atoms. The van der Waals surface area contributed by atoms with E-state index in [-0.39, 0.29) is 12.1 Å². The van der Waals surface area contributed by atoms with Crippen molar-refractivity contribution in [1.29, 1.82) is 0 Å². The number of alkyl carbamates (subject to hydrolysis) is 1. The minimum Gasteiger partial charge on any atom is -0.444 e. The first-order chi connectivity index (χ1) is 10.3. The van der Waals surface area contributed by atoms with Crippen molar-refractivity contribution in [3.63, 3.8) is 0 Å². The van der Waals surface area contributed by atoms with Crippen LogP contribution in [0.1, 0.15) is 39.3 Å². The van der Waals surface area contributed by atoms with Crippen molar-refractivity contribution in [2.45, 2.75) is 51.8 Å². The van der Waals surface area contributed by atoms with Gasteiger partial charge in [-0.1, -0.05) is 11.6 Å². The van der Waals surface area contributed by atoms with Gasteiger partial charge in [-0.15, -0.1) is 0 Å². The molecule has 1 aliphatic heterocycles. The molecule has 1 unspecified atom stereocenters. The Morgan fingerprint density at radius 1 is 1.45 bits per heavy atom. The number of carbonyl (C=O) groups is 1. The Kier molecular flexibility index (Phi) is 5.58. The molecule has 1 aromatic rings. The molecule has 1 saturated heterocycles. The van der Waals surface area contributed by atoms with E-state index >= 15 is 0 Å². The number of nitrogens with zero attached hydrogens (tertiary/aromatic N) is 3. The molecule has 22 heavy (non-hydrogen) atoms. The Hall–Kier alpha value is -1.40. The lowest BCUT2D eigenvalue weighted by molar-refractivity contribution is 0.0512. The van der Waals surface area contributed by atoms with Crippen molar-refractivity contribution >= 4 is 17.7 Å². The van der Waals surface area contributed by atoms with E-state index in [0.29, 0.717) is 18.2 Å². The fourth-order valence-corrected chi connectivity index (χ4v) is 2.66. The predicted molar refractivity (Wildman–Crippen MR) is 84.7 cm³/mol. The quantitative estimate of drug-likeness (QED) is 0.921. The molecule has 0 saturated carbocycles. The summed E-state index contributed by atoms with van der Waals surface area (Å²) in [5.74, 6) is 0. The Balaban J connectivity index is 1.86. The molecule has 0 spiro atoms. The Morgan fingerprint density at radius 3 is 2.86 bits per heavy atom. The second kappa shape index (κ2) is 7.24. The molecule has 1 atom stereocenters. The number of carbonyl (C=O) groups excluding carboxylic acids is 1. The molecular formula is C15H23ClN4O2. The molecule has 0 aliphatic carbocycles. The molecular weight excluding hydrogens is 304 g/mol. The number of nitrogens with one attached hydrogen (secondary N) is 1. The van der Waals surface area contributed by atoms with Gasteiger partial charge in [0.2, 0.25) is 0 Å². The average molecular weight is 327 g/mol. The zero-order valence-corrected chi connectivity index (χ0v) is 14.1. The lowest BCUT2D eigenvalue weighted by Crippen LogP contribution is -2.41. The highest BCUT2D eigenvalue weighted by Crippen LogP contribution is 2.21. The number of hydrogen-bond acceptors (Lipinski definition) is 5. The highest BCUT2D eigenvalue weighted by molar-refractivity contribution is 6.29. The van der Waals surface area contributed by atoms with E-state index in [9.17, 15) is 4.79 Å². The van der Waals surface area contributed by atoms with Gasteiger partial charge in [-0.2, -0.15) is 0 Å². The van der Waals surface area contributed by atoms with Gasteiger partial charge in [-0.3, -0.25) is 9.88 Å². The van der Waals surface area contributed by atoms with E-state index in [1.54, 1.807) is 12.4 Å². The molecule has 1 fully saturated rings. The smallest absolute Gasteiger partial charge is 0.407 e. The summed E-state index contributed by atoms with van der Waals surface area (Å²) in [6, 6.07) is 0.269. The third-order valence-corrected chi connectivity index (χ3v) is 3.77. The van der Waals surface area contributed by atoms with Crippen LogP contribution in [-0.4, -0.2) is 45.7 Å². The van der Waals surface area contributed by atoms with Crippen LogP contribution >= 0.6 is 11.6 Å². The molecule has 1 aliphatic rings. The van der Waals surface area contributed by atoms with Crippen molar-refractivity contribution in [1.82, 2.24) is 20.2 Å². The number of aromatic nitrogens is 2. The minimum atomic E-state index is -0.480. The highest BCUT2D eigenvalue weighted by Gasteiger charge is 2.26. The summed E-state index contributed by atoms with van der Waals surface area (Å²) in [6.45, 7) is 7.73. The third-order valence-electron chi connectivity index (χ3n) is 3.46. The maximum Gasteiger partial charge on any atom is 0.407 e. The first kappa shape index (κ1) is 17.0. The highest BCUT2D eigenvalue weighted by atomic mass is 35.5. The largest absolute Gasteiger partial charge is 0.444 e. The van der Waals surface area contributed by atoms with Crippen LogP contribution in [0, 0.1) is 0 Å². The molecule has 0 aromatic carbocycles.